The van der Waals surface area contributed by atoms with Crippen molar-refractivity contribution in [2.45, 2.75) is 12.1 Å². The number of rotatable bonds is 2. The van der Waals surface area contributed by atoms with Crippen LogP contribution in [0, 0.1) is 11.3 Å². The van der Waals surface area contributed by atoms with E-state index in [1.165, 1.54) is 11.3 Å². The zero-order chi connectivity index (χ0) is 14.0. The van der Waals surface area contributed by atoms with Gasteiger partial charge in [-0.15, -0.1) is 11.3 Å². The number of hydrogen-bond acceptors (Lipinski definition) is 3. The van der Waals surface area contributed by atoms with Gasteiger partial charge in [0.2, 0.25) is 0 Å². The minimum Gasteiger partial charge on any atom is -0.257 e. The van der Waals surface area contributed by atoms with E-state index in [2.05, 4.69) is 4.98 Å². The van der Waals surface area contributed by atoms with E-state index >= 15 is 0 Å². The van der Waals surface area contributed by atoms with Crippen molar-refractivity contribution >= 4 is 22.9 Å². The predicted molar refractivity (Wildman–Crippen MR) is 66.0 cm³/mol. The van der Waals surface area contributed by atoms with E-state index in [1.807, 2.05) is 6.07 Å². The molecule has 7 heteroatoms. The quantitative estimate of drug-likeness (QED) is 0.820. The Kier molecular flexibility index (Phi) is 3.78. The van der Waals surface area contributed by atoms with Crippen LogP contribution in [0.4, 0.5) is 13.2 Å². The number of pyridine rings is 1. The van der Waals surface area contributed by atoms with Crippen molar-refractivity contribution in [2.75, 3.05) is 0 Å². The highest BCUT2D eigenvalue weighted by atomic mass is 35.5. The Morgan fingerprint density at radius 1 is 1.42 bits per heavy atom. The highest BCUT2D eigenvalue weighted by molar-refractivity contribution is 7.10. The highest BCUT2D eigenvalue weighted by Crippen LogP contribution is 2.35. The Labute approximate surface area is 116 Å². The van der Waals surface area contributed by atoms with Gasteiger partial charge >= 0.3 is 6.18 Å². The van der Waals surface area contributed by atoms with Gasteiger partial charge in [0.05, 0.1) is 22.3 Å². The number of thiophene rings is 1. The predicted octanol–water partition coefficient (Wildman–Crippen LogP) is 4.47. The Balaban J connectivity index is 2.44. The van der Waals surface area contributed by atoms with Crippen LogP contribution >= 0.6 is 22.9 Å². The van der Waals surface area contributed by atoms with Crippen molar-refractivity contribution in [3.8, 4) is 6.07 Å². The average Bonchev–Trinajstić information content (AvgIpc) is 2.84. The van der Waals surface area contributed by atoms with E-state index in [1.54, 1.807) is 17.5 Å². The van der Waals surface area contributed by atoms with Gasteiger partial charge in [0.25, 0.3) is 0 Å². The Bertz CT molecular complexity index is 617. The summed E-state index contributed by atoms with van der Waals surface area (Å²) in [6, 6.07) is 6.26. The molecule has 2 aromatic rings. The molecule has 0 aliphatic rings. The molecule has 19 heavy (non-hydrogen) atoms. The van der Waals surface area contributed by atoms with Gasteiger partial charge in [-0.2, -0.15) is 18.4 Å². The third-order valence-electron chi connectivity index (χ3n) is 2.43. The molecule has 0 saturated heterocycles. The first-order valence-electron chi connectivity index (χ1n) is 5.09. The minimum atomic E-state index is -4.50. The molecule has 0 saturated carbocycles. The van der Waals surface area contributed by atoms with Crippen LogP contribution in [-0.2, 0) is 6.18 Å². The molecular weight excluding hydrogens is 297 g/mol. The second-order valence-corrected chi connectivity index (χ2v) is 5.05. The second-order valence-electron chi connectivity index (χ2n) is 3.67. The van der Waals surface area contributed by atoms with Crippen LogP contribution in [0.15, 0.2) is 29.8 Å². The molecule has 0 radical (unpaired) electrons. The van der Waals surface area contributed by atoms with Crippen molar-refractivity contribution in [3.05, 3.63) is 50.9 Å². The summed E-state index contributed by atoms with van der Waals surface area (Å²) in [6.45, 7) is 0. The molecule has 2 heterocycles. The normalized spacial score (nSPS) is 13.0. The Hall–Kier alpha value is -1.58. The number of alkyl halides is 3. The average molecular weight is 303 g/mol. The van der Waals surface area contributed by atoms with Crippen LogP contribution in [-0.4, -0.2) is 4.98 Å². The van der Waals surface area contributed by atoms with Gasteiger partial charge in [-0.3, -0.25) is 4.98 Å². The summed E-state index contributed by atoms with van der Waals surface area (Å²) in [4.78, 5) is 4.40. The van der Waals surface area contributed by atoms with Crippen LogP contribution in [0.1, 0.15) is 22.1 Å². The lowest BCUT2D eigenvalue weighted by molar-refractivity contribution is -0.137. The van der Waals surface area contributed by atoms with Crippen LogP contribution in [0.5, 0.6) is 0 Å². The molecule has 0 spiro atoms. The van der Waals surface area contributed by atoms with Crippen LogP contribution in [0.2, 0.25) is 5.02 Å². The lowest BCUT2D eigenvalue weighted by Gasteiger charge is -2.11. The summed E-state index contributed by atoms with van der Waals surface area (Å²) in [5.41, 5.74) is -0.788. The first kappa shape index (κ1) is 13.8. The standard InChI is InChI=1S/C12H6ClF3N2S/c13-9-4-7(12(14,15)16)6-18-11(9)8(5-17)10-2-1-3-19-10/h1-4,6,8H/t8-/m1/s1. The molecule has 2 rings (SSSR count). The fraction of sp³-hybridized carbons (Fsp3) is 0.167. The molecule has 1 atom stereocenters. The SMILES string of the molecule is N#C[C@H](c1cccs1)c1ncc(C(F)(F)F)cc1Cl. The fourth-order valence-electron chi connectivity index (χ4n) is 1.53. The summed E-state index contributed by atoms with van der Waals surface area (Å²) in [6.07, 6.45) is -3.81. The first-order chi connectivity index (χ1) is 8.93. The van der Waals surface area contributed by atoms with E-state index in [-0.39, 0.29) is 10.7 Å². The second kappa shape index (κ2) is 5.19. The number of nitriles is 1. The smallest absolute Gasteiger partial charge is 0.257 e. The van der Waals surface area contributed by atoms with E-state index in [0.29, 0.717) is 11.1 Å². The summed E-state index contributed by atoms with van der Waals surface area (Å²) >= 11 is 7.14. The molecule has 0 aliphatic heterocycles. The van der Waals surface area contributed by atoms with Crippen molar-refractivity contribution < 1.29 is 13.2 Å². The van der Waals surface area contributed by atoms with Crippen molar-refractivity contribution in [3.63, 3.8) is 0 Å². The van der Waals surface area contributed by atoms with Gasteiger partial charge in [-0.1, -0.05) is 17.7 Å². The van der Waals surface area contributed by atoms with Crippen molar-refractivity contribution in [1.82, 2.24) is 4.98 Å². The summed E-state index contributed by atoms with van der Waals surface area (Å²) in [5, 5.41) is 10.8. The topological polar surface area (TPSA) is 36.7 Å². The van der Waals surface area contributed by atoms with Gasteiger partial charge < -0.3 is 0 Å². The molecule has 0 aliphatic carbocycles. The molecule has 0 N–H and O–H groups in total. The maximum absolute atomic E-state index is 12.5. The number of halogens is 4. The van der Waals surface area contributed by atoms with Gasteiger partial charge in [0.1, 0.15) is 5.92 Å². The third-order valence-corrected chi connectivity index (χ3v) is 3.67. The summed E-state index contributed by atoms with van der Waals surface area (Å²) < 4.78 is 37.5. The molecule has 0 fully saturated rings. The van der Waals surface area contributed by atoms with Crippen molar-refractivity contribution in [2.24, 2.45) is 0 Å². The van der Waals surface area contributed by atoms with Crippen LogP contribution in [0.25, 0.3) is 0 Å². The monoisotopic (exact) mass is 302 g/mol. The maximum Gasteiger partial charge on any atom is 0.417 e. The molecule has 0 aromatic carbocycles. The van der Waals surface area contributed by atoms with Gasteiger partial charge in [0.15, 0.2) is 0 Å². The van der Waals surface area contributed by atoms with E-state index in [9.17, 15) is 13.2 Å². The lowest BCUT2D eigenvalue weighted by Crippen LogP contribution is -2.08. The van der Waals surface area contributed by atoms with Crippen molar-refractivity contribution in [1.29, 1.82) is 5.26 Å². The Morgan fingerprint density at radius 2 is 2.16 bits per heavy atom. The third kappa shape index (κ3) is 2.88. The van der Waals surface area contributed by atoms with Gasteiger partial charge in [0, 0.05) is 11.1 Å². The van der Waals surface area contributed by atoms with E-state index in [4.69, 9.17) is 16.9 Å². The van der Waals surface area contributed by atoms with Gasteiger partial charge in [-0.05, 0) is 17.5 Å². The molecule has 0 unspecified atom stereocenters. The van der Waals surface area contributed by atoms with E-state index < -0.39 is 17.7 Å². The first-order valence-corrected chi connectivity index (χ1v) is 6.35. The largest absolute Gasteiger partial charge is 0.417 e. The highest BCUT2D eigenvalue weighted by Gasteiger charge is 2.32. The van der Waals surface area contributed by atoms with Gasteiger partial charge in [-0.25, -0.2) is 0 Å². The summed E-state index contributed by atoms with van der Waals surface area (Å²) in [7, 11) is 0. The number of nitrogens with zero attached hydrogens (tertiary/aromatic N) is 2. The zero-order valence-electron chi connectivity index (χ0n) is 9.28. The van der Waals surface area contributed by atoms with Crippen LogP contribution in [0.3, 0.4) is 0 Å². The minimum absolute atomic E-state index is 0.139. The molecule has 98 valence electrons. The summed E-state index contributed by atoms with van der Waals surface area (Å²) in [5.74, 6) is -0.755. The molecule has 2 aromatic heterocycles. The van der Waals surface area contributed by atoms with E-state index in [0.717, 1.165) is 6.07 Å². The fourth-order valence-corrected chi connectivity index (χ4v) is 2.58. The molecular formula is C12H6ClF3N2S. The molecule has 2 nitrogen and oxygen atoms in total. The lowest BCUT2D eigenvalue weighted by atomic mass is 10.0. The number of aromatic nitrogens is 1. The maximum atomic E-state index is 12.5. The Morgan fingerprint density at radius 3 is 2.63 bits per heavy atom. The number of hydrogen-bond donors (Lipinski definition) is 0. The molecule has 0 amide bonds. The molecule has 0 bridgehead atoms. The van der Waals surface area contributed by atoms with Crippen LogP contribution < -0.4 is 0 Å². The zero-order valence-corrected chi connectivity index (χ0v) is 10.9.